The molecule has 3 heteroatoms. The van der Waals surface area contributed by atoms with Crippen LogP contribution in [-0.2, 0) is 5.41 Å². The SMILES string of the molecule is CC(C)(C)c1cc2cc[nH]c2nc1OC1CC1. The molecule has 0 amide bonds. The Kier molecular flexibility index (Phi) is 2.18. The number of hydrogen-bond donors (Lipinski definition) is 1. The summed E-state index contributed by atoms with van der Waals surface area (Å²) in [6.07, 6.45) is 4.63. The second-order valence-corrected chi connectivity index (χ2v) is 5.82. The van der Waals surface area contributed by atoms with E-state index in [2.05, 4.69) is 42.9 Å². The number of aromatic amines is 1. The molecule has 2 aromatic rings. The molecule has 1 N–H and O–H groups in total. The van der Waals surface area contributed by atoms with Crippen LogP contribution in [0.15, 0.2) is 18.3 Å². The Hall–Kier alpha value is -1.51. The van der Waals surface area contributed by atoms with Crippen molar-refractivity contribution >= 4 is 11.0 Å². The van der Waals surface area contributed by atoms with E-state index in [4.69, 9.17) is 4.74 Å². The molecule has 2 heterocycles. The Morgan fingerprint density at radius 3 is 2.76 bits per heavy atom. The molecule has 1 aliphatic carbocycles. The zero-order valence-electron chi connectivity index (χ0n) is 10.6. The van der Waals surface area contributed by atoms with E-state index in [1.54, 1.807) is 0 Å². The number of nitrogens with one attached hydrogen (secondary N) is 1. The molecule has 0 radical (unpaired) electrons. The van der Waals surface area contributed by atoms with E-state index in [0.29, 0.717) is 6.10 Å². The molecule has 1 fully saturated rings. The minimum atomic E-state index is 0.0582. The van der Waals surface area contributed by atoms with Crippen LogP contribution in [0, 0.1) is 0 Å². The van der Waals surface area contributed by atoms with Crippen molar-refractivity contribution in [3.8, 4) is 5.88 Å². The van der Waals surface area contributed by atoms with Crippen LogP contribution in [0.4, 0.5) is 0 Å². The van der Waals surface area contributed by atoms with Crippen LogP contribution in [0.1, 0.15) is 39.2 Å². The van der Waals surface area contributed by atoms with Gasteiger partial charge in [0.15, 0.2) is 0 Å². The fourth-order valence-electron chi connectivity index (χ4n) is 1.94. The highest BCUT2D eigenvalue weighted by Crippen LogP contribution is 2.35. The lowest BCUT2D eigenvalue weighted by molar-refractivity contribution is 0.283. The van der Waals surface area contributed by atoms with Gasteiger partial charge in [-0.2, -0.15) is 4.98 Å². The Balaban J connectivity index is 2.13. The Morgan fingerprint density at radius 2 is 2.12 bits per heavy atom. The van der Waals surface area contributed by atoms with E-state index in [1.807, 2.05) is 6.20 Å². The van der Waals surface area contributed by atoms with Gasteiger partial charge in [-0.3, -0.25) is 0 Å². The van der Waals surface area contributed by atoms with Gasteiger partial charge in [-0.05, 0) is 30.4 Å². The summed E-state index contributed by atoms with van der Waals surface area (Å²) in [4.78, 5) is 7.75. The summed E-state index contributed by atoms with van der Waals surface area (Å²) in [5.41, 5.74) is 2.16. The standard InChI is InChI=1S/C14H18N2O/c1-14(2,3)11-8-9-6-7-15-12(9)16-13(11)17-10-4-5-10/h6-8,10H,4-5H2,1-3H3,(H,15,16). The summed E-state index contributed by atoms with van der Waals surface area (Å²) >= 11 is 0. The number of rotatable bonds is 2. The van der Waals surface area contributed by atoms with Gasteiger partial charge < -0.3 is 9.72 Å². The summed E-state index contributed by atoms with van der Waals surface area (Å²) in [7, 11) is 0. The molecule has 0 saturated heterocycles. The first kappa shape index (κ1) is 10.6. The highest BCUT2D eigenvalue weighted by Gasteiger charge is 2.28. The molecule has 0 unspecified atom stereocenters. The molecule has 0 spiro atoms. The van der Waals surface area contributed by atoms with Crippen molar-refractivity contribution in [3.63, 3.8) is 0 Å². The van der Waals surface area contributed by atoms with Crippen LogP contribution in [0.3, 0.4) is 0 Å². The Labute approximate surface area is 101 Å². The fraction of sp³-hybridized carbons (Fsp3) is 0.500. The topological polar surface area (TPSA) is 37.9 Å². The van der Waals surface area contributed by atoms with Crippen molar-refractivity contribution < 1.29 is 4.74 Å². The van der Waals surface area contributed by atoms with Gasteiger partial charge in [-0.1, -0.05) is 20.8 Å². The molecule has 0 atom stereocenters. The maximum atomic E-state index is 5.93. The van der Waals surface area contributed by atoms with Gasteiger partial charge in [0.2, 0.25) is 5.88 Å². The predicted octanol–water partition coefficient (Wildman–Crippen LogP) is 3.40. The first-order valence-electron chi connectivity index (χ1n) is 6.19. The number of nitrogens with zero attached hydrogens (tertiary/aromatic N) is 1. The van der Waals surface area contributed by atoms with Crippen LogP contribution in [-0.4, -0.2) is 16.1 Å². The maximum Gasteiger partial charge on any atom is 0.219 e. The van der Waals surface area contributed by atoms with E-state index < -0.39 is 0 Å². The first-order chi connectivity index (χ1) is 8.04. The zero-order chi connectivity index (χ0) is 12.0. The van der Waals surface area contributed by atoms with Crippen molar-refractivity contribution in [2.75, 3.05) is 0 Å². The summed E-state index contributed by atoms with van der Waals surface area (Å²) in [6.45, 7) is 6.59. The average Bonchev–Trinajstić information content (AvgIpc) is 2.93. The third kappa shape index (κ3) is 2.02. The fourth-order valence-corrected chi connectivity index (χ4v) is 1.94. The molecule has 0 bridgehead atoms. The van der Waals surface area contributed by atoms with Gasteiger partial charge >= 0.3 is 0 Å². The molecule has 90 valence electrons. The van der Waals surface area contributed by atoms with Gasteiger partial charge in [0.05, 0.1) is 0 Å². The monoisotopic (exact) mass is 230 g/mol. The minimum absolute atomic E-state index is 0.0582. The van der Waals surface area contributed by atoms with Gasteiger partial charge in [-0.25, -0.2) is 0 Å². The molecule has 0 aliphatic heterocycles. The van der Waals surface area contributed by atoms with E-state index in [0.717, 1.165) is 29.8 Å². The van der Waals surface area contributed by atoms with Gasteiger partial charge in [0.25, 0.3) is 0 Å². The molecule has 2 aromatic heterocycles. The lowest BCUT2D eigenvalue weighted by atomic mass is 9.87. The number of fused-ring (bicyclic) bond motifs is 1. The van der Waals surface area contributed by atoms with E-state index in [1.165, 1.54) is 5.56 Å². The molecule has 3 rings (SSSR count). The summed E-state index contributed by atoms with van der Waals surface area (Å²) in [5.74, 6) is 0.801. The molecule has 1 aliphatic rings. The third-order valence-corrected chi connectivity index (χ3v) is 3.11. The van der Waals surface area contributed by atoms with Crippen molar-refractivity contribution in [1.29, 1.82) is 0 Å². The van der Waals surface area contributed by atoms with Crippen LogP contribution in [0.2, 0.25) is 0 Å². The lowest BCUT2D eigenvalue weighted by Crippen LogP contribution is -2.15. The minimum Gasteiger partial charge on any atom is -0.474 e. The van der Waals surface area contributed by atoms with Crippen molar-refractivity contribution in [2.24, 2.45) is 0 Å². The number of ether oxygens (including phenoxy) is 1. The number of H-pyrrole nitrogens is 1. The van der Waals surface area contributed by atoms with Crippen molar-refractivity contribution in [1.82, 2.24) is 9.97 Å². The largest absolute Gasteiger partial charge is 0.474 e. The molecule has 0 aromatic carbocycles. The highest BCUT2D eigenvalue weighted by atomic mass is 16.5. The van der Waals surface area contributed by atoms with Crippen molar-refractivity contribution in [3.05, 3.63) is 23.9 Å². The molecular formula is C14H18N2O. The van der Waals surface area contributed by atoms with Gasteiger partial charge in [0.1, 0.15) is 11.8 Å². The summed E-state index contributed by atoms with van der Waals surface area (Å²) in [5, 5.41) is 1.15. The third-order valence-electron chi connectivity index (χ3n) is 3.11. The van der Waals surface area contributed by atoms with Gasteiger partial charge in [-0.15, -0.1) is 0 Å². The normalized spacial score (nSPS) is 16.4. The lowest BCUT2D eigenvalue weighted by Gasteiger charge is -2.22. The van der Waals surface area contributed by atoms with Crippen LogP contribution in [0.5, 0.6) is 5.88 Å². The first-order valence-corrected chi connectivity index (χ1v) is 6.19. The number of aromatic nitrogens is 2. The number of pyridine rings is 1. The Bertz CT molecular complexity index is 547. The summed E-state index contributed by atoms with van der Waals surface area (Å²) < 4.78 is 5.93. The molecular weight excluding hydrogens is 212 g/mol. The second kappa shape index (κ2) is 3.49. The molecule has 1 saturated carbocycles. The zero-order valence-corrected chi connectivity index (χ0v) is 10.6. The van der Waals surface area contributed by atoms with E-state index in [-0.39, 0.29) is 5.41 Å². The van der Waals surface area contributed by atoms with E-state index >= 15 is 0 Å². The maximum absolute atomic E-state index is 5.93. The Morgan fingerprint density at radius 1 is 1.35 bits per heavy atom. The predicted molar refractivity (Wildman–Crippen MR) is 68.4 cm³/mol. The highest BCUT2D eigenvalue weighted by molar-refractivity contribution is 5.77. The van der Waals surface area contributed by atoms with Crippen LogP contribution < -0.4 is 4.74 Å². The molecule has 3 nitrogen and oxygen atoms in total. The second-order valence-electron chi connectivity index (χ2n) is 5.82. The quantitative estimate of drug-likeness (QED) is 0.858. The molecule has 17 heavy (non-hydrogen) atoms. The smallest absolute Gasteiger partial charge is 0.219 e. The van der Waals surface area contributed by atoms with Gasteiger partial charge in [0, 0.05) is 17.1 Å². The average molecular weight is 230 g/mol. The van der Waals surface area contributed by atoms with Crippen LogP contribution in [0.25, 0.3) is 11.0 Å². The summed E-state index contributed by atoms with van der Waals surface area (Å²) in [6, 6.07) is 4.25. The van der Waals surface area contributed by atoms with Crippen LogP contribution >= 0.6 is 0 Å². The number of hydrogen-bond acceptors (Lipinski definition) is 2. The van der Waals surface area contributed by atoms with Crippen molar-refractivity contribution in [2.45, 2.75) is 45.1 Å². The van der Waals surface area contributed by atoms with E-state index in [9.17, 15) is 0 Å².